The van der Waals surface area contributed by atoms with Crippen molar-refractivity contribution in [3.8, 4) is 0 Å². The van der Waals surface area contributed by atoms with Gasteiger partial charge in [-0.1, -0.05) is 0 Å². The maximum atomic E-state index is 11.3. The number of likely N-dealkylation sites (N-methyl/N-ethyl adjacent to an activating group) is 1. The van der Waals surface area contributed by atoms with E-state index in [2.05, 4.69) is 15.4 Å². The summed E-state index contributed by atoms with van der Waals surface area (Å²) in [5, 5.41) is 5.57. The van der Waals surface area contributed by atoms with E-state index in [4.69, 9.17) is 4.74 Å². The third-order valence-corrected chi connectivity index (χ3v) is 2.42. The summed E-state index contributed by atoms with van der Waals surface area (Å²) in [6.07, 6.45) is 1.87. The molecule has 1 amide bonds. The number of carbonyl (C=O) groups excluding carboxylic acids is 2. The monoisotopic (exact) mass is 310 g/mol. The van der Waals surface area contributed by atoms with Gasteiger partial charge in [-0.2, -0.15) is 0 Å². The Bertz CT molecular complexity index is 293. The minimum absolute atomic E-state index is 0. The first-order valence-corrected chi connectivity index (χ1v) is 6.52. The van der Waals surface area contributed by atoms with E-state index >= 15 is 0 Å². The fourth-order valence-electron chi connectivity index (χ4n) is 1.50. The molecule has 20 heavy (non-hydrogen) atoms. The summed E-state index contributed by atoms with van der Waals surface area (Å²) in [6.45, 7) is 5.99. The molecule has 0 spiro atoms. The van der Waals surface area contributed by atoms with Gasteiger partial charge in [0.2, 0.25) is 0 Å². The Hall–Kier alpha value is -1.01. The first-order chi connectivity index (χ1) is 8.80. The normalized spacial score (nSPS) is 12.1. The molecule has 0 aromatic carbocycles. The zero-order valence-corrected chi connectivity index (χ0v) is 13.8. The van der Waals surface area contributed by atoms with Crippen LogP contribution in [0.2, 0.25) is 0 Å². The zero-order valence-electron chi connectivity index (χ0n) is 12.9. The second-order valence-corrected chi connectivity index (χ2v) is 5.29. The van der Waals surface area contributed by atoms with E-state index in [0.717, 1.165) is 12.8 Å². The summed E-state index contributed by atoms with van der Waals surface area (Å²) in [7, 11) is 3.09. The Morgan fingerprint density at radius 3 is 2.25 bits per heavy atom. The van der Waals surface area contributed by atoms with Gasteiger partial charge < -0.3 is 20.1 Å². The fraction of sp³-hybridized carbons (Fsp3) is 0.846. The highest BCUT2D eigenvalue weighted by molar-refractivity contribution is 5.85. The van der Waals surface area contributed by atoms with Gasteiger partial charge in [0, 0.05) is 6.54 Å². The summed E-state index contributed by atoms with van der Waals surface area (Å²) < 4.78 is 9.77. The van der Waals surface area contributed by atoms with Gasteiger partial charge in [-0.3, -0.25) is 4.79 Å². The van der Waals surface area contributed by atoms with Crippen molar-refractivity contribution in [3.63, 3.8) is 0 Å². The van der Waals surface area contributed by atoms with E-state index in [0.29, 0.717) is 13.0 Å². The van der Waals surface area contributed by atoms with Crippen LogP contribution in [0.5, 0.6) is 0 Å². The van der Waals surface area contributed by atoms with Crippen LogP contribution in [0.1, 0.15) is 40.0 Å². The van der Waals surface area contributed by atoms with E-state index in [1.54, 1.807) is 7.05 Å². The van der Waals surface area contributed by atoms with Crippen LogP contribution < -0.4 is 10.6 Å². The highest BCUT2D eigenvalue weighted by Gasteiger charge is 2.17. The molecule has 1 atom stereocenters. The van der Waals surface area contributed by atoms with Crippen molar-refractivity contribution in [3.05, 3.63) is 0 Å². The molecule has 0 bridgehead atoms. The third kappa shape index (κ3) is 10.9. The van der Waals surface area contributed by atoms with Gasteiger partial charge in [0.1, 0.15) is 11.6 Å². The standard InChI is InChI=1S/C13H26N2O4.ClH/c1-13(2,3)19-12(17)15-9-7-6-8-10(14-4)11(16)18-5;/h10,14H,6-9H2,1-5H3,(H,15,17);1H. The number of hydrogen-bond acceptors (Lipinski definition) is 5. The van der Waals surface area contributed by atoms with Gasteiger partial charge in [0.15, 0.2) is 0 Å². The molecule has 0 rings (SSSR count). The van der Waals surface area contributed by atoms with E-state index in [-0.39, 0.29) is 24.4 Å². The van der Waals surface area contributed by atoms with E-state index in [9.17, 15) is 9.59 Å². The Balaban J connectivity index is 0. The molecule has 0 aliphatic heterocycles. The van der Waals surface area contributed by atoms with Gasteiger partial charge in [0.05, 0.1) is 7.11 Å². The molecule has 6 nitrogen and oxygen atoms in total. The van der Waals surface area contributed by atoms with Gasteiger partial charge in [0.25, 0.3) is 0 Å². The molecule has 0 radical (unpaired) electrons. The predicted molar refractivity (Wildman–Crippen MR) is 80.2 cm³/mol. The number of ether oxygens (including phenoxy) is 2. The van der Waals surface area contributed by atoms with E-state index in [1.807, 2.05) is 20.8 Å². The highest BCUT2D eigenvalue weighted by atomic mass is 35.5. The smallest absolute Gasteiger partial charge is 0.407 e. The molecule has 0 aliphatic rings. The van der Waals surface area contributed by atoms with Crippen LogP contribution in [-0.4, -0.2) is 44.4 Å². The number of halogens is 1. The average Bonchev–Trinajstić information content (AvgIpc) is 2.30. The van der Waals surface area contributed by atoms with Crippen LogP contribution in [0.25, 0.3) is 0 Å². The molecule has 1 unspecified atom stereocenters. The molecule has 0 aromatic heterocycles. The molecule has 0 aliphatic carbocycles. The lowest BCUT2D eigenvalue weighted by molar-refractivity contribution is -0.143. The van der Waals surface area contributed by atoms with E-state index < -0.39 is 11.7 Å². The Morgan fingerprint density at radius 2 is 1.80 bits per heavy atom. The first kappa shape index (κ1) is 21.3. The summed E-state index contributed by atoms with van der Waals surface area (Å²) in [4.78, 5) is 22.6. The van der Waals surface area contributed by atoms with Crippen LogP contribution in [0.4, 0.5) is 4.79 Å². The molecule has 0 saturated heterocycles. The zero-order chi connectivity index (χ0) is 14.9. The largest absolute Gasteiger partial charge is 0.468 e. The number of amides is 1. The lowest BCUT2D eigenvalue weighted by Crippen LogP contribution is -2.35. The Labute approximate surface area is 127 Å². The lowest BCUT2D eigenvalue weighted by Gasteiger charge is -2.19. The van der Waals surface area contributed by atoms with Crippen LogP contribution >= 0.6 is 12.4 Å². The number of methoxy groups -OCH3 is 1. The van der Waals surface area contributed by atoms with E-state index in [1.165, 1.54) is 7.11 Å². The predicted octanol–water partition coefficient (Wildman–Crippen LogP) is 1.86. The molecule has 0 aromatic rings. The minimum atomic E-state index is -0.480. The van der Waals surface area contributed by atoms with Crippen molar-refractivity contribution in [1.82, 2.24) is 10.6 Å². The van der Waals surface area contributed by atoms with Gasteiger partial charge in [-0.15, -0.1) is 12.4 Å². The van der Waals surface area contributed by atoms with Crippen molar-refractivity contribution in [1.29, 1.82) is 0 Å². The maximum absolute atomic E-state index is 11.3. The van der Waals surface area contributed by atoms with Crippen LogP contribution in [-0.2, 0) is 14.3 Å². The van der Waals surface area contributed by atoms with Crippen molar-refractivity contribution >= 4 is 24.5 Å². The molecule has 2 N–H and O–H groups in total. The molecule has 120 valence electrons. The minimum Gasteiger partial charge on any atom is -0.468 e. The maximum Gasteiger partial charge on any atom is 0.407 e. The molecular formula is C13H27ClN2O4. The second kappa shape index (κ2) is 10.7. The first-order valence-electron chi connectivity index (χ1n) is 6.52. The van der Waals surface area contributed by atoms with Crippen LogP contribution in [0.15, 0.2) is 0 Å². The Kier molecular flexibility index (Phi) is 11.4. The topological polar surface area (TPSA) is 76.7 Å². The molecular weight excluding hydrogens is 284 g/mol. The van der Waals surface area contributed by atoms with Gasteiger partial charge in [-0.05, 0) is 47.1 Å². The SMILES string of the molecule is CNC(CCCCNC(=O)OC(C)(C)C)C(=O)OC.Cl. The molecule has 0 fully saturated rings. The van der Waals surface area contributed by atoms with Gasteiger partial charge in [-0.25, -0.2) is 4.79 Å². The number of rotatable bonds is 7. The van der Waals surface area contributed by atoms with Gasteiger partial charge >= 0.3 is 12.1 Å². The summed E-state index contributed by atoms with van der Waals surface area (Å²) in [6, 6.07) is -0.286. The average molecular weight is 311 g/mol. The summed E-state index contributed by atoms with van der Waals surface area (Å²) in [5.41, 5.74) is -0.480. The molecule has 7 heteroatoms. The van der Waals surface area contributed by atoms with Crippen molar-refractivity contribution in [2.45, 2.75) is 51.7 Å². The van der Waals surface area contributed by atoms with Crippen molar-refractivity contribution in [2.24, 2.45) is 0 Å². The number of esters is 1. The quantitative estimate of drug-likeness (QED) is 0.554. The summed E-state index contributed by atoms with van der Waals surface area (Å²) >= 11 is 0. The second-order valence-electron chi connectivity index (χ2n) is 5.29. The number of unbranched alkanes of at least 4 members (excludes halogenated alkanes) is 1. The number of hydrogen-bond donors (Lipinski definition) is 2. The van der Waals surface area contributed by atoms with Crippen molar-refractivity contribution in [2.75, 3.05) is 20.7 Å². The van der Waals surface area contributed by atoms with Crippen LogP contribution in [0.3, 0.4) is 0 Å². The molecule has 0 heterocycles. The highest BCUT2D eigenvalue weighted by Crippen LogP contribution is 2.06. The molecule has 0 saturated carbocycles. The third-order valence-electron chi connectivity index (χ3n) is 2.42. The number of carbonyl (C=O) groups is 2. The Morgan fingerprint density at radius 1 is 1.20 bits per heavy atom. The fourth-order valence-corrected chi connectivity index (χ4v) is 1.50. The summed E-state index contributed by atoms with van der Waals surface area (Å²) in [5.74, 6) is -0.261. The van der Waals surface area contributed by atoms with Crippen molar-refractivity contribution < 1.29 is 19.1 Å². The van der Waals surface area contributed by atoms with Crippen LogP contribution in [0, 0.1) is 0 Å². The number of nitrogens with one attached hydrogen (secondary N) is 2. The number of alkyl carbamates (subject to hydrolysis) is 1. The lowest BCUT2D eigenvalue weighted by atomic mass is 10.1.